The second kappa shape index (κ2) is 44.4. The van der Waals surface area contributed by atoms with E-state index >= 15 is 0 Å². The van der Waals surface area contributed by atoms with Gasteiger partial charge in [-0.05, 0) is 66.1 Å². The smallest absolute Gasteiger partial charge is 0 e. The van der Waals surface area contributed by atoms with Crippen molar-refractivity contribution in [3.8, 4) is 0 Å². The Balaban J connectivity index is 0.000000238. The Kier molecular flexibility index (Phi) is 38.7. The van der Waals surface area contributed by atoms with E-state index in [-0.39, 0.29) is 67.0 Å². The van der Waals surface area contributed by atoms with Crippen LogP contribution in [0.15, 0.2) is 315 Å². The third kappa shape index (κ3) is 26.5. The van der Waals surface area contributed by atoms with E-state index in [1.807, 2.05) is 0 Å². The van der Waals surface area contributed by atoms with Crippen molar-refractivity contribution in [2.24, 2.45) is 0 Å². The van der Waals surface area contributed by atoms with Crippen molar-refractivity contribution in [2.75, 3.05) is 0 Å². The van der Waals surface area contributed by atoms with Crippen LogP contribution in [-0.2, 0) is 51.2 Å². The molecule has 0 bridgehead atoms. The number of rotatable bonds is 18. The minimum atomic E-state index is -0.409. The summed E-state index contributed by atoms with van der Waals surface area (Å²) in [6, 6.07) is 113. The van der Waals surface area contributed by atoms with Crippen molar-refractivity contribution in [2.45, 2.75) is 118 Å². The van der Waals surface area contributed by atoms with Gasteiger partial charge in [0.05, 0.1) is 0 Å². The summed E-state index contributed by atoms with van der Waals surface area (Å²) in [7, 11) is 0.894. The van der Waals surface area contributed by atoms with Crippen LogP contribution in [-0.4, -0.2) is 22.6 Å². The van der Waals surface area contributed by atoms with Crippen LogP contribution in [0.3, 0.4) is 0 Å². The molecule has 0 N–H and O–H groups in total. The van der Waals surface area contributed by atoms with E-state index in [0.717, 1.165) is 39.8 Å². The molecule has 0 amide bonds. The predicted octanol–water partition coefficient (Wildman–Crippen LogP) is 19.3. The van der Waals surface area contributed by atoms with Crippen molar-refractivity contribution >= 4 is 113 Å². The Bertz CT molecular complexity index is 3330. The molecule has 0 nitrogen and oxygen atoms in total. The zero-order chi connectivity index (χ0) is 64.0. The fourth-order valence-corrected chi connectivity index (χ4v) is 24.3. The van der Waals surface area contributed by atoms with Crippen LogP contribution in [0.4, 0.5) is 0 Å². The molecule has 9 heteroatoms. The average molecular weight is 1460 g/mol. The quantitative estimate of drug-likeness (QED) is 0.0456. The first kappa shape index (κ1) is 81.0. The molecule has 0 spiro atoms. The van der Waals surface area contributed by atoms with Crippen LogP contribution >= 0.6 is 48.8 Å². The summed E-state index contributed by atoms with van der Waals surface area (Å²) >= 11 is 0. The molecule has 2 unspecified atom stereocenters. The van der Waals surface area contributed by atoms with Crippen molar-refractivity contribution in [1.82, 2.24) is 0 Å². The van der Waals surface area contributed by atoms with Gasteiger partial charge >= 0.3 is 0 Å². The largest absolute Gasteiger partial charge is 0.747 e. The van der Waals surface area contributed by atoms with Gasteiger partial charge in [0.25, 0.3) is 0 Å². The molecule has 496 valence electrons. The standard InChI is InChI=1S/2C17H14P.2C14H16P.2C11H18P.3Fe/c2*1-3-9-15(10-4-1)18(17-13-7-8-14-17)16-11-5-2-6-12-16;2*1-11(2)13-9-5-6-10-14(13)15-12-7-3-4-8-12;2*1-9(2)12(10(3)4)11-7-5-6-8-11;;;/h2*1-14H;2*3-11,15H,1-2H3;2*5-10H,1-4H3;;;/q4*-1;-5;-1;;;. The summed E-state index contributed by atoms with van der Waals surface area (Å²) in [5.74, 6) is 1.23. The predicted molar refractivity (Wildman–Crippen MR) is 420 cm³/mol. The van der Waals surface area contributed by atoms with Gasteiger partial charge in [0.1, 0.15) is 0 Å². The van der Waals surface area contributed by atoms with Gasteiger partial charge in [0.15, 0.2) is 0 Å². The van der Waals surface area contributed by atoms with E-state index in [2.05, 4.69) is 399 Å². The number of hydrogen-bond acceptors (Lipinski definition) is 0. The first-order valence-electron chi connectivity index (χ1n) is 32.1. The van der Waals surface area contributed by atoms with Gasteiger partial charge < -0.3 is 37.5 Å². The van der Waals surface area contributed by atoms with Crippen LogP contribution in [0.5, 0.6) is 0 Å². The molecule has 2 atom stereocenters. The summed E-state index contributed by atoms with van der Waals surface area (Å²) in [6.07, 6.45) is 0. The van der Waals surface area contributed by atoms with E-state index < -0.39 is 15.8 Å². The third-order valence-electron chi connectivity index (χ3n) is 15.0. The Hall–Kier alpha value is -4.44. The molecule has 0 aliphatic carbocycles. The Labute approximate surface area is 602 Å². The number of hydrogen-bond donors (Lipinski definition) is 0. The molecule has 0 aromatic heterocycles. The molecule has 0 heterocycles. The first-order chi connectivity index (χ1) is 43.7. The monoisotopic (exact) mass is 1460 g/mol. The van der Waals surface area contributed by atoms with Crippen molar-refractivity contribution in [3.05, 3.63) is 327 Å². The van der Waals surface area contributed by atoms with E-state index in [9.17, 15) is 0 Å². The maximum atomic E-state index is 2.33. The van der Waals surface area contributed by atoms with Gasteiger partial charge in [0, 0.05) is 51.2 Å². The summed E-state index contributed by atoms with van der Waals surface area (Å²) in [5.41, 5.74) is 6.20. The third-order valence-corrected chi connectivity index (χ3v) is 28.8. The molecule has 0 saturated heterocycles. The van der Waals surface area contributed by atoms with Crippen molar-refractivity contribution in [3.63, 3.8) is 0 Å². The van der Waals surface area contributed by atoms with Crippen LogP contribution in [0.1, 0.15) is 106 Å². The zero-order valence-electron chi connectivity index (χ0n) is 56.3. The zero-order valence-corrected chi connectivity index (χ0v) is 65.2. The molecule has 0 saturated carbocycles. The van der Waals surface area contributed by atoms with Gasteiger partial charge in [-0.3, -0.25) is 0 Å². The van der Waals surface area contributed by atoms with Gasteiger partial charge in [-0.1, -0.05) is 280 Å². The van der Waals surface area contributed by atoms with E-state index in [1.54, 1.807) is 10.6 Å². The molecule has 0 fully saturated rings. The van der Waals surface area contributed by atoms with Crippen LogP contribution in [0.25, 0.3) is 0 Å². The SMILES string of the molecule is CC(C)P([c-]1[cH-][cH-][cH-][cH-]1)C(C)C.CC(C)P([c-]1cccc1)C(C)C.CC(C)c1ccccc1P[c-]1cccc1.CC(C)c1ccccc1Pc1cc[cH-]c1.[Fe].[Fe].[Fe].c1ccc(P(c2ccccc2)[c-]2cccc2)cc1.c1ccc(P(c2ccccc2)c2cc[cH-]c2)cc1. The molecule has 12 aromatic carbocycles. The maximum Gasteiger partial charge on any atom is 0 e. The fraction of sp³-hybridized carbons (Fsp3) is 0.214. The van der Waals surface area contributed by atoms with Crippen LogP contribution in [0, 0.1) is 0 Å². The summed E-state index contributed by atoms with van der Waals surface area (Å²) in [5, 5.41) is 17.4. The first-order valence-corrected chi connectivity index (χ1v) is 39.7. The number of benzene rings is 6. The molecular weight excluding hydrogens is 1360 g/mol. The van der Waals surface area contributed by atoms with Gasteiger partial charge in [0.2, 0.25) is 0 Å². The fourth-order valence-electron chi connectivity index (χ4n) is 11.1. The molecule has 0 radical (unpaired) electrons. The average Bonchev–Trinajstić information content (AvgIpc) is 1.89. The van der Waals surface area contributed by atoms with Gasteiger partial charge in [-0.25, -0.2) is 48.5 Å². The summed E-state index contributed by atoms with van der Waals surface area (Å²) < 4.78 is 0. The van der Waals surface area contributed by atoms with Crippen LogP contribution in [0.2, 0.25) is 0 Å². The summed E-state index contributed by atoms with van der Waals surface area (Å²) in [4.78, 5) is 0. The Morgan fingerprint density at radius 2 is 0.720 bits per heavy atom. The van der Waals surface area contributed by atoms with Crippen molar-refractivity contribution < 1.29 is 51.2 Å². The molecule has 93 heavy (non-hydrogen) atoms. The Morgan fingerprint density at radius 1 is 0.344 bits per heavy atom. The molecule has 0 aliphatic rings. The normalized spacial score (nSPS) is 11.0. The van der Waals surface area contributed by atoms with E-state index in [4.69, 9.17) is 0 Å². The Morgan fingerprint density at radius 3 is 1.13 bits per heavy atom. The molecular formula is C84H96Fe3P6-10. The molecule has 0 aliphatic heterocycles. The minimum absolute atomic E-state index is 0. The topological polar surface area (TPSA) is 0 Å². The van der Waals surface area contributed by atoms with E-state index in [1.165, 1.54) is 64.2 Å². The second-order valence-electron chi connectivity index (χ2n) is 23.9. The van der Waals surface area contributed by atoms with Gasteiger partial charge in [-0.2, -0.15) is 83.4 Å². The summed E-state index contributed by atoms with van der Waals surface area (Å²) in [6.45, 7) is 27.7. The second-order valence-corrected chi connectivity index (χ2v) is 37.8. The van der Waals surface area contributed by atoms with Gasteiger partial charge in [-0.15, -0.1) is 41.0 Å². The maximum absolute atomic E-state index is 2.33. The minimum Gasteiger partial charge on any atom is -0.747 e. The molecule has 12 aromatic rings. The van der Waals surface area contributed by atoms with Crippen molar-refractivity contribution in [1.29, 1.82) is 0 Å². The molecule has 12 rings (SSSR count). The van der Waals surface area contributed by atoms with Crippen LogP contribution < -0.4 is 63.7 Å². The van der Waals surface area contributed by atoms with E-state index in [0.29, 0.717) is 11.8 Å².